The van der Waals surface area contributed by atoms with E-state index in [4.69, 9.17) is 11.5 Å². The first-order chi connectivity index (χ1) is 20.6. The zero-order valence-electron chi connectivity index (χ0n) is 24.8. The summed E-state index contributed by atoms with van der Waals surface area (Å²) in [5, 5.41) is 19.0. The molecule has 0 aliphatic heterocycles. The molecule has 0 fully saturated rings. The average molecular weight is 593 g/mol. The lowest BCUT2D eigenvalue weighted by molar-refractivity contribution is -0.142. The maximum absolute atomic E-state index is 13.6. The highest BCUT2D eigenvalue weighted by Gasteiger charge is 2.33. The summed E-state index contributed by atoms with van der Waals surface area (Å²) in [4.78, 5) is 55.4. The molecule has 11 heteroatoms. The van der Waals surface area contributed by atoms with Gasteiger partial charge in [0.05, 0.1) is 6.04 Å². The lowest BCUT2D eigenvalue weighted by Crippen LogP contribution is -2.59. The van der Waals surface area contributed by atoms with Crippen molar-refractivity contribution in [3.8, 4) is 0 Å². The summed E-state index contributed by atoms with van der Waals surface area (Å²) in [6.45, 7) is 4.23. The molecule has 0 spiro atoms. The van der Waals surface area contributed by atoms with E-state index in [1.807, 2.05) is 68.4 Å². The van der Waals surface area contributed by atoms with Crippen molar-refractivity contribution in [2.24, 2.45) is 17.4 Å². The molecule has 1 heterocycles. The number of nitrogens with two attached hydrogens (primary N) is 2. The molecule has 0 bridgehead atoms. The highest BCUT2D eigenvalue weighted by Crippen LogP contribution is 2.19. The lowest BCUT2D eigenvalue weighted by atomic mass is 9.96. The SMILES string of the molecule is CCC(C)C(NC(=O)C(N)CCCCN)C(=O)NC(Cc1ccccc1)C(=O)NC(Cc1c[nH]c2ccccc12)C(=O)O. The van der Waals surface area contributed by atoms with Crippen LogP contribution < -0.4 is 27.4 Å². The molecule has 0 saturated carbocycles. The number of nitrogens with one attached hydrogen (secondary N) is 4. The second-order valence-corrected chi connectivity index (χ2v) is 11.0. The van der Waals surface area contributed by atoms with E-state index >= 15 is 0 Å². The van der Waals surface area contributed by atoms with Gasteiger partial charge in [0.25, 0.3) is 0 Å². The summed E-state index contributed by atoms with van der Waals surface area (Å²) < 4.78 is 0. The molecule has 232 valence electrons. The number of carboxylic acid groups (broad SMARTS) is 1. The van der Waals surface area contributed by atoms with Crippen molar-refractivity contribution in [1.82, 2.24) is 20.9 Å². The lowest BCUT2D eigenvalue weighted by Gasteiger charge is -2.28. The number of aromatic nitrogens is 1. The molecule has 5 unspecified atom stereocenters. The Labute approximate surface area is 252 Å². The van der Waals surface area contributed by atoms with Gasteiger partial charge in [-0.3, -0.25) is 14.4 Å². The van der Waals surface area contributed by atoms with Crippen LogP contribution in [-0.4, -0.2) is 64.5 Å². The second-order valence-electron chi connectivity index (χ2n) is 11.0. The van der Waals surface area contributed by atoms with Crippen LogP contribution in [0.4, 0.5) is 0 Å². The fourth-order valence-corrected chi connectivity index (χ4v) is 4.92. The average Bonchev–Trinajstić information content (AvgIpc) is 3.41. The number of rotatable bonds is 17. The topological polar surface area (TPSA) is 192 Å². The number of carboxylic acids is 1. The molecular weight excluding hydrogens is 548 g/mol. The normalized spacial score (nSPS) is 14.7. The van der Waals surface area contributed by atoms with Crippen LogP contribution >= 0.6 is 0 Å². The van der Waals surface area contributed by atoms with Crippen molar-refractivity contribution in [1.29, 1.82) is 0 Å². The number of unbranched alkanes of at least 4 members (excludes halogenated alkanes) is 1. The number of aromatic amines is 1. The number of aliphatic carboxylic acids is 1. The van der Waals surface area contributed by atoms with Gasteiger partial charge in [-0.2, -0.15) is 0 Å². The summed E-state index contributed by atoms with van der Waals surface area (Å²) in [7, 11) is 0. The van der Waals surface area contributed by atoms with E-state index in [9.17, 15) is 24.3 Å². The van der Waals surface area contributed by atoms with Gasteiger partial charge in [0.2, 0.25) is 17.7 Å². The highest BCUT2D eigenvalue weighted by atomic mass is 16.4. The fraction of sp³-hybridized carbons (Fsp3) is 0.438. The quantitative estimate of drug-likeness (QED) is 0.117. The molecule has 2 aromatic carbocycles. The van der Waals surface area contributed by atoms with Crippen LogP contribution in [-0.2, 0) is 32.0 Å². The summed E-state index contributed by atoms with van der Waals surface area (Å²) >= 11 is 0. The van der Waals surface area contributed by atoms with Crippen molar-refractivity contribution in [3.63, 3.8) is 0 Å². The Morgan fingerprint density at radius 3 is 2.21 bits per heavy atom. The van der Waals surface area contributed by atoms with Gasteiger partial charge in [-0.15, -0.1) is 0 Å². The largest absolute Gasteiger partial charge is 0.480 e. The molecule has 0 aliphatic carbocycles. The van der Waals surface area contributed by atoms with Crippen molar-refractivity contribution in [2.45, 2.75) is 76.5 Å². The van der Waals surface area contributed by atoms with Gasteiger partial charge in [0, 0.05) is 29.9 Å². The molecule has 9 N–H and O–H groups in total. The Hall–Kier alpha value is -4.22. The molecule has 11 nitrogen and oxygen atoms in total. The van der Waals surface area contributed by atoms with Crippen LogP contribution in [0.5, 0.6) is 0 Å². The molecule has 1 aromatic heterocycles. The molecule has 5 atom stereocenters. The van der Waals surface area contributed by atoms with Gasteiger partial charge in [-0.1, -0.05) is 75.2 Å². The molecule has 0 saturated heterocycles. The van der Waals surface area contributed by atoms with E-state index in [1.54, 1.807) is 6.20 Å². The third-order valence-corrected chi connectivity index (χ3v) is 7.73. The van der Waals surface area contributed by atoms with Crippen LogP contribution in [0.25, 0.3) is 10.9 Å². The van der Waals surface area contributed by atoms with Crippen molar-refractivity contribution in [3.05, 3.63) is 71.9 Å². The Kier molecular flexibility index (Phi) is 12.7. The maximum Gasteiger partial charge on any atom is 0.326 e. The summed E-state index contributed by atoms with van der Waals surface area (Å²) in [6, 6.07) is 12.5. The first-order valence-electron chi connectivity index (χ1n) is 14.8. The number of carbonyl (C=O) groups excluding carboxylic acids is 3. The predicted octanol–water partition coefficient (Wildman–Crippen LogP) is 1.99. The van der Waals surface area contributed by atoms with Crippen LogP contribution in [0.3, 0.4) is 0 Å². The molecule has 3 rings (SSSR count). The molecule has 3 amide bonds. The minimum atomic E-state index is -1.24. The smallest absolute Gasteiger partial charge is 0.326 e. The molecule has 3 aromatic rings. The summed E-state index contributed by atoms with van der Waals surface area (Å²) in [5.41, 5.74) is 14.0. The molecular formula is C32H44N6O5. The zero-order valence-corrected chi connectivity index (χ0v) is 24.8. The monoisotopic (exact) mass is 592 g/mol. The summed E-state index contributed by atoms with van der Waals surface area (Å²) in [5.74, 6) is -3.09. The van der Waals surface area contributed by atoms with Gasteiger partial charge >= 0.3 is 5.97 Å². The third-order valence-electron chi connectivity index (χ3n) is 7.73. The number of para-hydroxylation sites is 1. The maximum atomic E-state index is 13.6. The first kappa shape index (κ1) is 33.3. The van der Waals surface area contributed by atoms with Crippen molar-refractivity contribution >= 4 is 34.6 Å². The zero-order chi connectivity index (χ0) is 31.4. The van der Waals surface area contributed by atoms with Crippen LogP contribution in [0.15, 0.2) is 60.8 Å². The number of benzene rings is 2. The number of H-pyrrole nitrogens is 1. The van der Waals surface area contributed by atoms with Crippen LogP contribution in [0.1, 0.15) is 50.7 Å². The van der Waals surface area contributed by atoms with E-state index in [0.29, 0.717) is 25.8 Å². The van der Waals surface area contributed by atoms with Gasteiger partial charge < -0.3 is 37.5 Å². The number of carbonyl (C=O) groups is 4. The van der Waals surface area contributed by atoms with E-state index in [1.165, 1.54) is 0 Å². The first-order valence-corrected chi connectivity index (χ1v) is 14.8. The van der Waals surface area contributed by atoms with Gasteiger partial charge in [-0.05, 0) is 42.5 Å². The third kappa shape index (κ3) is 9.65. The van der Waals surface area contributed by atoms with Crippen LogP contribution in [0, 0.1) is 5.92 Å². The van der Waals surface area contributed by atoms with E-state index in [-0.39, 0.29) is 18.8 Å². The molecule has 0 aliphatic rings. The highest BCUT2D eigenvalue weighted by molar-refractivity contribution is 5.94. The molecule has 0 radical (unpaired) electrons. The van der Waals surface area contributed by atoms with E-state index in [2.05, 4.69) is 20.9 Å². The van der Waals surface area contributed by atoms with Crippen LogP contribution in [0.2, 0.25) is 0 Å². The van der Waals surface area contributed by atoms with Gasteiger partial charge in [0.1, 0.15) is 18.1 Å². The Bertz CT molecular complexity index is 1360. The van der Waals surface area contributed by atoms with Crippen molar-refractivity contribution < 1.29 is 24.3 Å². The minimum Gasteiger partial charge on any atom is -0.480 e. The second kappa shape index (κ2) is 16.4. The fourth-order valence-electron chi connectivity index (χ4n) is 4.92. The number of amides is 3. The standard InChI is InChI=1S/C32H44N6O5/c1-3-20(2)28(38-29(39)24(34)14-9-10-16-33)31(41)36-26(17-21-11-5-4-6-12-21)30(40)37-27(32(42)43)18-22-19-35-25-15-8-7-13-23(22)25/h4-8,11-13,15,19-20,24,26-28,35H,3,9-10,14,16-18,33-34H2,1-2H3,(H,36,41)(H,37,40)(H,38,39)(H,42,43). The van der Waals surface area contributed by atoms with Crippen molar-refractivity contribution in [2.75, 3.05) is 6.54 Å². The van der Waals surface area contributed by atoms with Gasteiger partial charge in [0.15, 0.2) is 0 Å². The number of hydrogen-bond acceptors (Lipinski definition) is 6. The summed E-state index contributed by atoms with van der Waals surface area (Å²) in [6.07, 6.45) is 4.35. The number of fused-ring (bicyclic) bond motifs is 1. The van der Waals surface area contributed by atoms with Gasteiger partial charge in [-0.25, -0.2) is 4.79 Å². The Morgan fingerprint density at radius 1 is 0.860 bits per heavy atom. The Morgan fingerprint density at radius 2 is 1.53 bits per heavy atom. The van der Waals surface area contributed by atoms with E-state index in [0.717, 1.165) is 28.5 Å². The molecule has 43 heavy (non-hydrogen) atoms. The van der Waals surface area contributed by atoms with E-state index < -0.39 is 47.9 Å². The number of hydrogen-bond donors (Lipinski definition) is 7. The Balaban J connectivity index is 1.79. The predicted molar refractivity (Wildman–Crippen MR) is 166 cm³/mol. The minimum absolute atomic E-state index is 0.0463.